The van der Waals surface area contributed by atoms with Crippen LogP contribution in [0, 0.1) is 5.92 Å². The molecule has 1 aromatic rings. The highest BCUT2D eigenvalue weighted by Crippen LogP contribution is 2.13. The first-order valence-electron chi connectivity index (χ1n) is 4.64. The van der Waals surface area contributed by atoms with Gasteiger partial charge in [0.15, 0.2) is 0 Å². The fourth-order valence-corrected chi connectivity index (χ4v) is 1.01. The average molecular weight is 195 g/mol. The molecule has 0 aliphatic rings. The third kappa shape index (κ3) is 3.24. The zero-order valence-corrected chi connectivity index (χ0v) is 8.15. The molecule has 0 saturated carbocycles. The topological polar surface area (TPSA) is 87.3 Å². The maximum atomic E-state index is 5.54. The van der Waals surface area contributed by atoms with Crippen molar-refractivity contribution in [3.8, 4) is 5.75 Å². The molecule has 1 rings (SSSR count). The van der Waals surface area contributed by atoms with E-state index in [1.54, 1.807) is 12.1 Å². The van der Waals surface area contributed by atoms with E-state index in [0.717, 1.165) is 11.4 Å². The largest absolute Gasteiger partial charge is 0.493 e. The minimum Gasteiger partial charge on any atom is -0.493 e. The van der Waals surface area contributed by atoms with Gasteiger partial charge in [-0.05, 0) is 37.4 Å². The molecule has 0 heterocycles. The van der Waals surface area contributed by atoms with Crippen LogP contribution in [0.1, 0.15) is 0 Å². The van der Waals surface area contributed by atoms with Crippen molar-refractivity contribution in [2.45, 2.75) is 0 Å². The molecule has 14 heavy (non-hydrogen) atoms. The highest BCUT2D eigenvalue weighted by atomic mass is 16.5. The molecule has 0 spiro atoms. The Bertz CT molecular complexity index is 257. The summed E-state index contributed by atoms with van der Waals surface area (Å²) in [5.41, 5.74) is 17.3. The van der Waals surface area contributed by atoms with Crippen LogP contribution in [0.15, 0.2) is 24.3 Å². The van der Waals surface area contributed by atoms with E-state index in [9.17, 15) is 0 Å². The molecular weight excluding hydrogens is 178 g/mol. The molecule has 0 radical (unpaired) electrons. The quantitative estimate of drug-likeness (QED) is 0.585. The summed E-state index contributed by atoms with van der Waals surface area (Å²) in [6, 6.07) is 7.27. The Balaban J connectivity index is 2.41. The van der Waals surface area contributed by atoms with Crippen molar-refractivity contribution in [3.05, 3.63) is 24.3 Å². The Kier molecular flexibility index (Phi) is 4.22. The first-order valence-corrected chi connectivity index (χ1v) is 4.64. The van der Waals surface area contributed by atoms with E-state index in [1.165, 1.54) is 0 Å². The second-order valence-corrected chi connectivity index (χ2v) is 3.22. The van der Waals surface area contributed by atoms with Gasteiger partial charge >= 0.3 is 0 Å². The molecule has 0 amide bonds. The lowest BCUT2D eigenvalue weighted by Gasteiger charge is -2.13. The average Bonchev–Trinajstić information content (AvgIpc) is 2.22. The molecule has 0 bridgehead atoms. The second-order valence-electron chi connectivity index (χ2n) is 3.22. The molecule has 0 atom stereocenters. The van der Waals surface area contributed by atoms with Crippen molar-refractivity contribution < 1.29 is 4.74 Å². The maximum Gasteiger partial charge on any atom is 0.119 e. The van der Waals surface area contributed by atoms with Crippen LogP contribution in [0.2, 0.25) is 0 Å². The summed E-state index contributed by atoms with van der Waals surface area (Å²) in [4.78, 5) is 0. The Hall–Kier alpha value is -1.26. The van der Waals surface area contributed by atoms with Crippen LogP contribution in [0.25, 0.3) is 0 Å². The number of benzene rings is 1. The van der Waals surface area contributed by atoms with Gasteiger partial charge in [-0.25, -0.2) is 0 Å². The normalized spacial score (nSPS) is 10.5. The summed E-state index contributed by atoms with van der Waals surface area (Å²) in [5, 5.41) is 0. The van der Waals surface area contributed by atoms with E-state index >= 15 is 0 Å². The molecule has 4 heteroatoms. The SMILES string of the molecule is NCC(CN)COc1ccc(N)cc1. The van der Waals surface area contributed by atoms with E-state index in [-0.39, 0.29) is 5.92 Å². The molecule has 0 aliphatic heterocycles. The lowest BCUT2D eigenvalue weighted by molar-refractivity contribution is 0.256. The predicted octanol–water partition coefficient (Wildman–Crippen LogP) is 0.181. The van der Waals surface area contributed by atoms with Gasteiger partial charge < -0.3 is 21.9 Å². The van der Waals surface area contributed by atoms with Gasteiger partial charge in [0, 0.05) is 11.6 Å². The Labute approximate surface area is 84.0 Å². The van der Waals surface area contributed by atoms with Gasteiger partial charge in [-0.2, -0.15) is 0 Å². The van der Waals surface area contributed by atoms with Gasteiger partial charge in [0.2, 0.25) is 0 Å². The van der Waals surface area contributed by atoms with Crippen LogP contribution in [-0.4, -0.2) is 19.7 Å². The fraction of sp³-hybridized carbons (Fsp3) is 0.400. The molecule has 0 aromatic heterocycles. The van der Waals surface area contributed by atoms with Crippen LogP contribution >= 0.6 is 0 Å². The second kappa shape index (κ2) is 5.47. The first-order chi connectivity index (χ1) is 6.76. The van der Waals surface area contributed by atoms with Gasteiger partial charge in [0.05, 0.1) is 6.61 Å². The highest BCUT2D eigenvalue weighted by molar-refractivity contribution is 5.41. The number of anilines is 1. The van der Waals surface area contributed by atoms with Gasteiger partial charge in [0.25, 0.3) is 0 Å². The van der Waals surface area contributed by atoms with Gasteiger partial charge in [-0.3, -0.25) is 0 Å². The third-order valence-electron chi connectivity index (χ3n) is 2.03. The number of nitrogens with two attached hydrogens (primary N) is 3. The van der Waals surface area contributed by atoms with Crippen molar-refractivity contribution in [2.24, 2.45) is 17.4 Å². The molecular formula is C10H17N3O. The Morgan fingerprint density at radius 2 is 1.64 bits per heavy atom. The van der Waals surface area contributed by atoms with Crippen molar-refractivity contribution in [1.82, 2.24) is 0 Å². The number of hydrogen-bond acceptors (Lipinski definition) is 4. The zero-order chi connectivity index (χ0) is 10.4. The molecule has 0 fully saturated rings. The van der Waals surface area contributed by atoms with Crippen molar-refractivity contribution in [2.75, 3.05) is 25.4 Å². The van der Waals surface area contributed by atoms with Crippen LogP contribution in [0.3, 0.4) is 0 Å². The molecule has 78 valence electrons. The minimum atomic E-state index is 0.215. The Morgan fingerprint density at radius 3 is 2.14 bits per heavy atom. The standard InChI is InChI=1S/C10H17N3O/c11-5-8(6-12)7-14-10-3-1-9(13)2-4-10/h1-4,8H,5-7,11-13H2. The molecule has 0 saturated heterocycles. The van der Waals surface area contributed by atoms with Gasteiger partial charge in [-0.15, -0.1) is 0 Å². The first kappa shape index (κ1) is 10.8. The predicted molar refractivity (Wildman–Crippen MR) is 57.9 cm³/mol. The van der Waals surface area contributed by atoms with Crippen LogP contribution in [0.4, 0.5) is 5.69 Å². The van der Waals surface area contributed by atoms with Crippen molar-refractivity contribution in [3.63, 3.8) is 0 Å². The van der Waals surface area contributed by atoms with E-state index in [2.05, 4.69) is 0 Å². The summed E-state index contributed by atoms with van der Waals surface area (Å²) in [6.45, 7) is 1.65. The monoisotopic (exact) mass is 195 g/mol. The van der Waals surface area contributed by atoms with E-state index in [1.807, 2.05) is 12.1 Å². The maximum absolute atomic E-state index is 5.54. The number of ether oxygens (including phenoxy) is 1. The number of hydrogen-bond donors (Lipinski definition) is 3. The van der Waals surface area contributed by atoms with E-state index in [0.29, 0.717) is 19.7 Å². The Morgan fingerprint density at radius 1 is 1.07 bits per heavy atom. The lowest BCUT2D eigenvalue weighted by Crippen LogP contribution is -2.28. The third-order valence-corrected chi connectivity index (χ3v) is 2.03. The van der Waals surface area contributed by atoms with Crippen LogP contribution < -0.4 is 21.9 Å². The zero-order valence-electron chi connectivity index (χ0n) is 8.15. The minimum absolute atomic E-state index is 0.215. The summed E-state index contributed by atoms with van der Waals surface area (Å²) in [5.74, 6) is 1.01. The molecule has 0 aliphatic carbocycles. The van der Waals surface area contributed by atoms with E-state index in [4.69, 9.17) is 21.9 Å². The lowest BCUT2D eigenvalue weighted by atomic mass is 10.2. The molecule has 1 aromatic carbocycles. The summed E-state index contributed by atoms with van der Waals surface area (Å²) in [7, 11) is 0. The highest BCUT2D eigenvalue weighted by Gasteiger charge is 2.04. The van der Waals surface area contributed by atoms with Gasteiger partial charge in [-0.1, -0.05) is 0 Å². The summed E-state index contributed by atoms with van der Waals surface area (Å²) in [6.07, 6.45) is 0. The number of rotatable bonds is 5. The van der Waals surface area contributed by atoms with Crippen molar-refractivity contribution in [1.29, 1.82) is 0 Å². The molecule has 4 nitrogen and oxygen atoms in total. The molecule has 6 N–H and O–H groups in total. The van der Waals surface area contributed by atoms with Crippen molar-refractivity contribution >= 4 is 5.69 Å². The van der Waals surface area contributed by atoms with Crippen LogP contribution in [0.5, 0.6) is 5.75 Å². The molecule has 0 unspecified atom stereocenters. The fourth-order valence-electron chi connectivity index (χ4n) is 1.01. The van der Waals surface area contributed by atoms with Gasteiger partial charge in [0.1, 0.15) is 5.75 Å². The van der Waals surface area contributed by atoms with Crippen LogP contribution in [-0.2, 0) is 0 Å². The number of nitrogen functional groups attached to an aromatic ring is 1. The van der Waals surface area contributed by atoms with E-state index < -0.39 is 0 Å². The summed E-state index contributed by atoms with van der Waals surface area (Å²) < 4.78 is 5.49. The summed E-state index contributed by atoms with van der Waals surface area (Å²) >= 11 is 0. The smallest absolute Gasteiger partial charge is 0.119 e.